The molecule has 54 heavy (non-hydrogen) atoms. The predicted octanol–water partition coefficient (Wildman–Crippen LogP) is 7.16. The quantitative estimate of drug-likeness (QED) is 0.0415. The maximum atomic E-state index is 13.4. The summed E-state index contributed by atoms with van der Waals surface area (Å²) >= 11 is 0. The van der Waals surface area contributed by atoms with Gasteiger partial charge in [0.05, 0.1) is 12.6 Å². The van der Waals surface area contributed by atoms with E-state index < -0.39 is 36.3 Å². The first-order valence-electron chi connectivity index (χ1n) is 18.7. The molecule has 5 N–H and O–H groups in total. The maximum Gasteiger partial charge on any atom is 0.323 e. The number of nitrogens with zero attached hydrogens (tertiary/aromatic N) is 2. The number of rotatable bonds is 20. The van der Waals surface area contributed by atoms with Gasteiger partial charge in [-0.25, -0.2) is 9.97 Å². The minimum Gasteiger partial charge on any atom is -0.494 e. The van der Waals surface area contributed by atoms with Gasteiger partial charge >= 0.3 is 5.97 Å². The fraction of sp³-hybridized carbons (Fsp3) is 0.318. The van der Waals surface area contributed by atoms with Gasteiger partial charge in [0.2, 0.25) is 0 Å². The van der Waals surface area contributed by atoms with Crippen molar-refractivity contribution >= 4 is 11.9 Å². The Balaban J connectivity index is 1.26. The molecule has 5 aromatic rings. The van der Waals surface area contributed by atoms with E-state index in [4.69, 9.17) is 4.74 Å². The van der Waals surface area contributed by atoms with Crippen molar-refractivity contribution < 1.29 is 29.6 Å². The Morgan fingerprint density at radius 1 is 0.722 bits per heavy atom. The molecule has 0 aliphatic heterocycles. The molecule has 4 atom stereocenters. The highest BCUT2D eigenvalue weighted by molar-refractivity contribution is 5.94. The second-order valence-electron chi connectivity index (χ2n) is 13.4. The van der Waals surface area contributed by atoms with Gasteiger partial charge in [0.15, 0.2) is 5.82 Å². The fourth-order valence-electron chi connectivity index (χ4n) is 6.13. The third kappa shape index (κ3) is 11.3. The zero-order chi connectivity index (χ0) is 38.3. The summed E-state index contributed by atoms with van der Waals surface area (Å²) in [4.78, 5) is 34.8. The smallest absolute Gasteiger partial charge is 0.323 e. The molecular formula is C44H50N4O6. The Hall–Kier alpha value is -5.42. The molecule has 0 spiro atoms. The Bertz CT molecular complexity index is 1890. The van der Waals surface area contributed by atoms with Crippen LogP contribution >= 0.6 is 0 Å². The van der Waals surface area contributed by atoms with Crippen LogP contribution in [0.5, 0.6) is 5.75 Å². The predicted molar refractivity (Wildman–Crippen MR) is 210 cm³/mol. The van der Waals surface area contributed by atoms with Crippen molar-refractivity contribution in [1.29, 1.82) is 0 Å². The summed E-state index contributed by atoms with van der Waals surface area (Å²) in [7, 11) is 0. The summed E-state index contributed by atoms with van der Waals surface area (Å²) in [6.45, 7) is 4.94. The number of aryl methyl sites for hydroxylation is 1. The lowest BCUT2D eigenvalue weighted by atomic mass is 9.99. The highest BCUT2D eigenvalue weighted by atomic mass is 16.5. The van der Waals surface area contributed by atoms with E-state index in [1.165, 1.54) is 25.7 Å². The number of aliphatic hydroxyl groups is 2. The monoisotopic (exact) mass is 730 g/mol. The van der Waals surface area contributed by atoms with E-state index in [0.717, 1.165) is 46.4 Å². The van der Waals surface area contributed by atoms with E-state index >= 15 is 0 Å². The standard InChI is InChI=1S/C44H50N4O6/c1-3-5-6-7-11-26-54-37-24-22-32(23-25-37)36-28-45-41(46-29-36)34-18-16-31(17-19-34)27-38(47-42(50)35-20-14-30(4-2)15-21-35)43(51)48-39(44(52)53)40(49)33-12-9-8-10-13-33/h8-10,12-25,28-29,38-40,43,48-49,51H,3-7,11,26-27H2,1-2H3,(H,47,50)(H,52,53). The molecule has 0 radical (unpaired) electrons. The number of amides is 1. The Morgan fingerprint density at radius 2 is 1.35 bits per heavy atom. The molecule has 1 aromatic heterocycles. The molecule has 0 saturated carbocycles. The van der Waals surface area contributed by atoms with Gasteiger partial charge in [-0.05, 0) is 65.8 Å². The first-order valence-corrected chi connectivity index (χ1v) is 18.7. The number of unbranched alkanes of at least 4 members (excludes halogenated alkanes) is 4. The van der Waals surface area contributed by atoms with Gasteiger partial charge in [0.1, 0.15) is 24.1 Å². The van der Waals surface area contributed by atoms with E-state index in [9.17, 15) is 24.9 Å². The van der Waals surface area contributed by atoms with Crippen LogP contribution in [0.4, 0.5) is 0 Å². The van der Waals surface area contributed by atoms with E-state index in [2.05, 4.69) is 27.5 Å². The van der Waals surface area contributed by atoms with Crippen LogP contribution in [0, 0.1) is 0 Å². The first-order chi connectivity index (χ1) is 26.2. The van der Waals surface area contributed by atoms with Gasteiger partial charge < -0.3 is 25.4 Å². The van der Waals surface area contributed by atoms with Crippen LogP contribution in [0.1, 0.15) is 79.1 Å². The SMILES string of the molecule is CCCCCCCOc1ccc(-c2cnc(-c3ccc(CC(NC(=O)c4ccc(CC)cc4)C(O)NC(C(=O)O)C(O)c4ccccc4)cc3)nc2)cc1. The van der Waals surface area contributed by atoms with E-state index in [1.54, 1.807) is 54.9 Å². The molecule has 0 saturated heterocycles. The van der Waals surface area contributed by atoms with Crippen molar-refractivity contribution in [3.63, 3.8) is 0 Å². The molecule has 1 heterocycles. The van der Waals surface area contributed by atoms with Crippen molar-refractivity contribution in [2.24, 2.45) is 0 Å². The summed E-state index contributed by atoms with van der Waals surface area (Å²) in [5.74, 6) is -0.400. The summed E-state index contributed by atoms with van der Waals surface area (Å²) in [6, 6.07) is 28.4. The number of ether oxygens (including phenoxy) is 1. The number of carboxylic acid groups (broad SMARTS) is 1. The van der Waals surface area contributed by atoms with Gasteiger partial charge in [-0.3, -0.25) is 14.9 Å². The van der Waals surface area contributed by atoms with Crippen LogP contribution in [0.15, 0.2) is 116 Å². The Labute approximate surface area is 317 Å². The molecule has 0 aliphatic rings. The number of hydrogen-bond acceptors (Lipinski definition) is 8. The summed E-state index contributed by atoms with van der Waals surface area (Å²) in [5, 5.41) is 37.8. The zero-order valence-electron chi connectivity index (χ0n) is 30.9. The van der Waals surface area contributed by atoms with Crippen molar-refractivity contribution in [3.05, 3.63) is 138 Å². The second kappa shape index (κ2) is 20.1. The lowest BCUT2D eigenvalue weighted by molar-refractivity contribution is -0.144. The van der Waals surface area contributed by atoms with Gasteiger partial charge in [0, 0.05) is 29.1 Å². The maximum absolute atomic E-state index is 13.4. The molecule has 5 rings (SSSR count). The van der Waals surface area contributed by atoms with Crippen LogP contribution in [0.2, 0.25) is 0 Å². The molecule has 4 aromatic carbocycles. The largest absolute Gasteiger partial charge is 0.494 e. The first kappa shape index (κ1) is 39.8. The lowest BCUT2D eigenvalue weighted by Gasteiger charge is -2.29. The number of hydrogen-bond donors (Lipinski definition) is 5. The lowest BCUT2D eigenvalue weighted by Crippen LogP contribution is -2.56. The Morgan fingerprint density at radius 3 is 1.98 bits per heavy atom. The van der Waals surface area contributed by atoms with Gasteiger partial charge in [-0.15, -0.1) is 0 Å². The summed E-state index contributed by atoms with van der Waals surface area (Å²) in [6.07, 6.45) is 7.52. The molecule has 1 amide bonds. The van der Waals surface area contributed by atoms with Crippen molar-refractivity contribution in [1.82, 2.24) is 20.6 Å². The van der Waals surface area contributed by atoms with Gasteiger partial charge in [-0.2, -0.15) is 0 Å². The molecule has 0 bridgehead atoms. The van der Waals surface area contributed by atoms with E-state index in [0.29, 0.717) is 23.6 Å². The van der Waals surface area contributed by atoms with Crippen molar-refractivity contribution in [3.8, 4) is 28.3 Å². The van der Waals surface area contributed by atoms with Crippen LogP contribution in [0.3, 0.4) is 0 Å². The average Bonchev–Trinajstić information content (AvgIpc) is 3.21. The summed E-state index contributed by atoms with van der Waals surface area (Å²) < 4.78 is 5.90. The number of aromatic nitrogens is 2. The topological polar surface area (TPSA) is 154 Å². The summed E-state index contributed by atoms with van der Waals surface area (Å²) in [5.41, 5.74) is 5.25. The third-order valence-electron chi connectivity index (χ3n) is 9.42. The molecule has 0 aliphatic carbocycles. The number of aliphatic hydroxyl groups excluding tert-OH is 2. The van der Waals surface area contributed by atoms with Crippen LogP contribution in [-0.4, -0.2) is 62.1 Å². The van der Waals surface area contributed by atoms with Crippen molar-refractivity contribution in [2.75, 3.05) is 6.61 Å². The third-order valence-corrected chi connectivity index (χ3v) is 9.42. The molecule has 282 valence electrons. The fourth-order valence-corrected chi connectivity index (χ4v) is 6.13. The van der Waals surface area contributed by atoms with Crippen LogP contribution < -0.4 is 15.4 Å². The molecule has 0 fully saturated rings. The Kier molecular flexibility index (Phi) is 14.8. The molecule has 10 heteroatoms. The van der Waals surface area contributed by atoms with E-state index in [1.807, 2.05) is 67.6 Å². The highest BCUT2D eigenvalue weighted by Crippen LogP contribution is 2.24. The van der Waals surface area contributed by atoms with E-state index in [-0.39, 0.29) is 6.42 Å². The zero-order valence-corrected chi connectivity index (χ0v) is 30.9. The molecule has 4 unspecified atom stereocenters. The number of carbonyl (C=O) groups is 2. The number of benzene rings is 4. The highest BCUT2D eigenvalue weighted by Gasteiger charge is 2.33. The average molecular weight is 731 g/mol. The van der Waals surface area contributed by atoms with Crippen molar-refractivity contribution in [2.45, 2.75) is 83.2 Å². The number of carboxylic acids is 1. The van der Waals surface area contributed by atoms with Crippen LogP contribution in [-0.2, 0) is 17.6 Å². The molecular weight excluding hydrogens is 681 g/mol. The van der Waals surface area contributed by atoms with Gasteiger partial charge in [0.25, 0.3) is 5.91 Å². The molecule has 10 nitrogen and oxygen atoms in total. The normalized spacial score (nSPS) is 13.4. The number of carbonyl (C=O) groups excluding carboxylic acids is 1. The minimum atomic E-state index is -1.55. The number of nitrogens with one attached hydrogen (secondary N) is 2. The minimum absolute atomic E-state index is 0.152. The van der Waals surface area contributed by atoms with Crippen LogP contribution in [0.25, 0.3) is 22.5 Å². The van der Waals surface area contributed by atoms with Gasteiger partial charge in [-0.1, -0.05) is 118 Å². The second-order valence-corrected chi connectivity index (χ2v) is 13.4. The number of aliphatic carboxylic acids is 1.